The molecule has 0 aromatic heterocycles. The van der Waals surface area contributed by atoms with Crippen molar-refractivity contribution in [2.75, 3.05) is 6.54 Å². The minimum absolute atomic E-state index is 0.171. The van der Waals surface area contributed by atoms with Crippen LogP contribution in [-0.4, -0.2) is 23.3 Å². The predicted molar refractivity (Wildman–Crippen MR) is 49.7 cm³/mol. The van der Waals surface area contributed by atoms with Gasteiger partial charge >= 0.3 is 0 Å². The van der Waals surface area contributed by atoms with Crippen molar-refractivity contribution in [3.63, 3.8) is 0 Å². The van der Waals surface area contributed by atoms with Crippen molar-refractivity contribution >= 4 is 5.78 Å². The lowest BCUT2D eigenvalue weighted by atomic mass is 10.1. The maximum Gasteiger partial charge on any atom is 0.157 e. The fourth-order valence-electron chi connectivity index (χ4n) is 1.16. The molecular formula is C10H15NO. The van der Waals surface area contributed by atoms with E-state index in [1.54, 1.807) is 6.92 Å². The molecule has 0 radical (unpaired) electrons. The Morgan fingerprint density at radius 1 is 1.58 bits per heavy atom. The molecule has 0 saturated carbocycles. The lowest BCUT2D eigenvalue weighted by molar-refractivity contribution is -0.113. The van der Waals surface area contributed by atoms with E-state index in [2.05, 4.69) is 18.7 Å². The van der Waals surface area contributed by atoms with E-state index in [1.165, 1.54) is 0 Å². The number of rotatable bonds is 2. The first-order valence-electron chi connectivity index (χ1n) is 4.25. The Kier molecular flexibility index (Phi) is 2.69. The molecule has 0 N–H and O–H groups in total. The fraction of sp³-hybridized carbons (Fsp3) is 0.500. The Labute approximate surface area is 73.6 Å². The normalized spacial score (nSPS) is 16.7. The van der Waals surface area contributed by atoms with E-state index in [9.17, 15) is 4.79 Å². The van der Waals surface area contributed by atoms with Gasteiger partial charge in [0.1, 0.15) is 0 Å². The van der Waals surface area contributed by atoms with Crippen LogP contribution in [-0.2, 0) is 4.79 Å². The van der Waals surface area contributed by atoms with Gasteiger partial charge in [-0.1, -0.05) is 6.08 Å². The number of hydrogen-bond donors (Lipinski definition) is 0. The lowest BCUT2D eigenvalue weighted by Gasteiger charge is -2.27. The number of Topliss-reactive ketones (excluding diaryl/α,β-unsaturated/α-hetero) is 1. The standard InChI is InChI=1S/C10H15NO/c1-8(2)11-6-4-5-10(7-11)9(3)12/h4-6,8H,7H2,1-3H3. The summed E-state index contributed by atoms with van der Waals surface area (Å²) >= 11 is 0. The van der Waals surface area contributed by atoms with Crippen LogP contribution in [0.5, 0.6) is 0 Å². The maximum absolute atomic E-state index is 11.0. The average molecular weight is 165 g/mol. The van der Waals surface area contributed by atoms with Crippen molar-refractivity contribution in [2.45, 2.75) is 26.8 Å². The van der Waals surface area contributed by atoms with Gasteiger partial charge in [-0.25, -0.2) is 0 Å². The summed E-state index contributed by atoms with van der Waals surface area (Å²) < 4.78 is 0. The highest BCUT2D eigenvalue weighted by Gasteiger charge is 2.12. The average Bonchev–Trinajstić information content (AvgIpc) is 2.04. The third-order valence-electron chi connectivity index (χ3n) is 2.04. The monoisotopic (exact) mass is 165 g/mol. The Bertz CT molecular complexity index is 238. The third kappa shape index (κ3) is 1.97. The zero-order valence-corrected chi connectivity index (χ0v) is 7.87. The summed E-state index contributed by atoms with van der Waals surface area (Å²) in [6, 6.07) is 0.462. The highest BCUT2D eigenvalue weighted by Crippen LogP contribution is 2.10. The van der Waals surface area contributed by atoms with Crippen molar-refractivity contribution in [2.24, 2.45) is 0 Å². The van der Waals surface area contributed by atoms with E-state index in [1.807, 2.05) is 18.4 Å². The number of ketones is 1. The molecule has 1 rings (SSSR count). The molecule has 0 saturated heterocycles. The van der Waals surface area contributed by atoms with Crippen LogP contribution >= 0.6 is 0 Å². The van der Waals surface area contributed by atoms with Gasteiger partial charge in [-0.2, -0.15) is 0 Å². The van der Waals surface area contributed by atoms with Crippen molar-refractivity contribution in [3.8, 4) is 0 Å². The minimum Gasteiger partial charge on any atom is -0.371 e. The Balaban J connectivity index is 2.67. The molecule has 12 heavy (non-hydrogen) atoms. The Morgan fingerprint density at radius 2 is 2.25 bits per heavy atom. The number of allylic oxidation sites excluding steroid dienone is 2. The minimum atomic E-state index is 0.171. The molecule has 0 aromatic carbocycles. The van der Waals surface area contributed by atoms with E-state index in [-0.39, 0.29) is 5.78 Å². The largest absolute Gasteiger partial charge is 0.371 e. The summed E-state index contributed by atoms with van der Waals surface area (Å²) in [4.78, 5) is 13.2. The Hall–Kier alpha value is -1.05. The molecule has 0 aromatic rings. The highest BCUT2D eigenvalue weighted by molar-refractivity contribution is 5.94. The van der Waals surface area contributed by atoms with Gasteiger partial charge in [0, 0.05) is 18.2 Å². The summed E-state index contributed by atoms with van der Waals surface area (Å²) in [6.45, 7) is 6.60. The molecule has 0 bridgehead atoms. The molecule has 0 aliphatic carbocycles. The SMILES string of the molecule is CC(=O)C1=CC=CN(C(C)C)C1. The summed E-state index contributed by atoms with van der Waals surface area (Å²) in [5, 5.41) is 0. The quantitative estimate of drug-likeness (QED) is 0.621. The zero-order valence-electron chi connectivity index (χ0n) is 7.87. The molecule has 1 heterocycles. The topological polar surface area (TPSA) is 20.3 Å². The molecule has 66 valence electrons. The summed E-state index contributed by atoms with van der Waals surface area (Å²) in [6.07, 6.45) is 5.85. The molecule has 0 fully saturated rings. The number of carbonyl (C=O) groups is 1. The van der Waals surface area contributed by atoms with Gasteiger partial charge in [-0.3, -0.25) is 4.79 Å². The predicted octanol–water partition coefficient (Wildman–Crippen LogP) is 1.74. The van der Waals surface area contributed by atoms with Crippen LogP contribution in [0.4, 0.5) is 0 Å². The van der Waals surface area contributed by atoms with Crippen molar-refractivity contribution in [1.29, 1.82) is 0 Å². The molecule has 1 aliphatic rings. The summed E-state index contributed by atoms with van der Waals surface area (Å²) in [5.41, 5.74) is 0.895. The maximum atomic E-state index is 11.0. The first-order chi connectivity index (χ1) is 5.61. The van der Waals surface area contributed by atoms with E-state index in [4.69, 9.17) is 0 Å². The van der Waals surface area contributed by atoms with Crippen LogP contribution in [0.3, 0.4) is 0 Å². The van der Waals surface area contributed by atoms with Crippen molar-refractivity contribution in [3.05, 3.63) is 23.9 Å². The molecule has 1 aliphatic heterocycles. The molecule has 0 unspecified atom stereocenters. The molecule has 2 heteroatoms. The van der Waals surface area contributed by atoms with Crippen LogP contribution in [0.2, 0.25) is 0 Å². The number of carbonyl (C=O) groups excluding carboxylic acids is 1. The second-order valence-electron chi connectivity index (χ2n) is 3.36. The van der Waals surface area contributed by atoms with Gasteiger partial charge in [-0.05, 0) is 33.0 Å². The molecule has 0 atom stereocenters. The Morgan fingerprint density at radius 3 is 2.75 bits per heavy atom. The fourth-order valence-corrected chi connectivity index (χ4v) is 1.16. The van der Waals surface area contributed by atoms with E-state index in [0.29, 0.717) is 6.04 Å². The number of hydrogen-bond acceptors (Lipinski definition) is 2. The van der Waals surface area contributed by atoms with Crippen LogP contribution < -0.4 is 0 Å². The van der Waals surface area contributed by atoms with Crippen LogP contribution in [0.15, 0.2) is 23.9 Å². The first-order valence-corrected chi connectivity index (χ1v) is 4.25. The van der Waals surface area contributed by atoms with Crippen molar-refractivity contribution in [1.82, 2.24) is 4.90 Å². The van der Waals surface area contributed by atoms with Crippen LogP contribution in [0.1, 0.15) is 20.8 Å². The summed E-state index contributed by atoms with van der Waals surface area (Å²) in [5.74, 6) is 0.171. The van der Waals surface area contributed by atoms with Gasteiger partial charge in [-0.15, -0.1) is 0 Å². The second-order valence-corrected chi connectivity index (χ2v) is 3.36. The second kappa shape index (κ2) is 3.57. The van der Waals surface area contributed by atoms with Gasteiger partial charge in [0.2, 0.25) is 0 Å². The highest BCUT2D eigenvalue weighted by atomic mass is 16.1. The van der Waals surface area contributed by atoms with Gasteiger partial charge < -0.3 is 4.90 Å². The molecule has 0 spiro atoms. The smallest absolute Gasteiger partial charge is 0.157 e. The van der Waals surface area contributed by atoms with Crippen LogP contribution in [0, 0.1) is 0 Å². The number of nitrogens with zero attached hydrogens (tertiary/aromatic N) is 1. The zero-order chi connectivity index (χ0) is 9.14. The lowest BCUT2D eigenvalue weighted by Crippen LogP contribution is -2.30. The van der Waals surface area contributed by atoms with Crippen molar-refractivity contribution < 1.29 is 4.79 Å². The summed E-state index contributed by atoms with van der Waals surface area (Å²) in [7, 11) is 0. The molecule has 2 nitrogen and oxygen atoms in total. The molecular weight excluding hydrogens is 150 g/mol. The van der Waals surface area contributed by atoms with E-state index >= 15 is 0 Å². The first kappa shape index (κ1) is 9.04. The molecule has 0 amide bonds. The van der Waals surface area contributed by atoms with Crippen LogP contribution in [0.25, 0.3) is 0 Å². The van der Waals surface area contributed by atoms with Gasteiger partial charge in [0.05, 0.1) is 0 Å². The van der Waals surface area contributed by atoms with Gasteiger partial charge in [0.15, 0.2) is 5.78 Å². The third-order valence-corrected chi connectivity index (χ3v) is 2.04. The van der Waals surface area contributed by atoms with Gasteiger partial charge in [0.25, 0.3) is 0 Å². The van der Waals surface area contributed by atoms with E-state index in [0.717, 1.165) is 12.1 Å². The van der Waals surface area contributed by atoms with E-state index < -0.39 is 0 Å².